The van der Waals surface area contributed by atoms with Crippen LogP contribution in [0.15, 0.2) is 0 Å². The Balaban J connectivity index is 2.92. The van der Waals surface area contributed by atoms with Gasteiger partial charge in [0.1, 0.15) is 0 Å². The molecule has 0 fully saturated rings. The number of rotatable bonds is 10. The maximum absolute atomic E-state index is 3.46. The highest BCUT2D eigenvalue weighted by atomic mass is 15.0. The third kappa shape index (κ3) is 9.96. The SMILES string of the molecule is CCC(C)NCCNCCCCNC. The quantitative estimate of drug-likeness (QED) is 0.461. The van der Waals surface area contributed by atoms with Crippen molar-refractivity contribution in [1.82, 2.24) is 16.0 Å². The molecule has 1 atom stereocenters. The molecule has 3 heteroatoms. The molecule has 0 aromatic carbocycles. The first kappa shape index (κ1) is 13.9. The van der Waals surface area contributed by atoms with Gasteiger partial charge < -0.3 is 16.0 Å². The highest BCUT2D eigenvalue weighted by Crippen LogP contribution is 1.86. The van der Waals surface area contributed by atoms with Crippen molar-refractivity contribution >= 4 is 0 Å². The molecule has 0 aromatic rings. The average molecular weight is 201 g/mol. The monoisotopic (exact) mass is 201 g/mol. The summed E-state index contributed by atoms with van der Waals surface area (Å²) < 4.78 is 0. The van der Waals surface area contributed by atoms with E-state index in [1.165, 1.54) is 19.3 Å². The highest BCUT2D eigenvalue weighted by Gasteiger charge is 1.95. The lowest BCUT2D eigenvalue weighted by molar-refractivity contribution is 0.511. The second-order valence-electron chi connectivity index (χ2n) is 3.82. The van der Waals surface area contributed by atoms with E-state index in [9.17, 15) is 0 Å². The van der Waals surface area contributed by atoms with Crippen LogP contribution in [-0.2, 0) is 0 Å². The molecule has 0 spiro atoms. The lowest BCUT2D eigenvalue weighted by atomic mass is 10.2. The van der Waals surface area contributed by atoms with Gasteiger partial charge in [0.2, 0.25) is 0 Å². The van der Waals surface area contributed by atoms with E-state index in [-0.39, 0.29) is 0 Å². The van der Waals surface area contributed by atoms with Crippen LogP contribution in [0.1, 0.15) is 33.1 Å². The van der Waals surface area contributed by atoms with E-state index in [2.05, 4.69) is 29.8 Å². The van der Waals surface area contributed by atoms with Gasteiger partial charge >= 0.3 is 0 Å². The fourth-order valence-electron chi connectivity index (χ4n) is 1.23. The highest BCUT2D eigenvalue weighted by molar-refractivity contribution is 4.59. The smallest absolute Gasteiger partial charge is 0.00792 e. The standard InChI is InChI=1S/C11H27N3/c1-4-11(2)14-10-9-13-8-6-5-7-12-3/h11-14H,4-10H2,1-3H3. The van der Waals surface area contributed by atoms with E-state index < -0.39 is 0 Å². The first-order valence-corrected chi connectivity index (χ1v) is 5.90. The van der Waals surface area contributed by atoms with Crippen molar-refractivity contribution in [3.63, 3.8) is 0 Å². The zero-order chi connectivity index (χ0) is 10.6. The van der Waals surface area contributed by atoms with E-state index in [4.69, 9.17) is 0 Å². The van der Waals surface area contributed by atoms with Gasteiger partial charge in [-0.25, -0.2) is 0 Å². The van der Waals surface area contributed by atoms with Crippen LogP contribution in [0, 0.1) is 0 Å². The van der Waals surface area contributed by atoms with Crippen LogP contribution in [0.3, 0.4) is 0 Å². The van der Waals surface area contributed by atoms with Gasteiger partial charge in [-0.1, -0.05) is 6.92 Å². The summed E-state index contributed by atoms with van der Waals surface area (Å²) in [5, 5.41) is 10.0. The number of hydrogen-bond acceptors (Lipinski definition) is 3. The van der Waals surface area contributed by atoms with Crippen molar-refractivity contribution in [2.45, 2.75) is 39.2 Å². The summed E-state index contributed by atoms with van der Waals surface area (Å²) in [7, 11) is 2.00. The zero-order valence-electron chi connectivity index (χ0n) is 10.0. The largest absolute Gasteiger partial charge is 0.320 e. The molecule has 86 valence electrons. The van der Waals surface area contributed by atoms with Crippen LogP contribution in [0.4, 0.5) is 0 Å². The molecule has 0 aliphatic carbocycles. The summed E-state index contributed by atoms with van der Waals surface area (Å²) in [5.74, 6) is 0. The predicted molar refractivity (Wildman–Crippen MR) is 63.8 cm³/mol. The van der Waals surface area contributed by atoms with Crippen LogP contribution >= 0.6 is 0 Å². The number of hydrogen-bond donors (Lipinski definition) is 3. The van der Waals surface area contributed by atoms with Gasteiger partial charge in [0, 0.05) is 19.1 Å². The van der Waals surface area contributed by atoms with Gasteiger partial charge in [-0.05, 0) is 46.3 Å². The summed E-state index contributed by atoms with van der Waals surface area (Å²) >= 11 is 0. The van der Waals surface area contributed by atoms with Crippen LogP contribution < -0.4 is 16.0 Å². The molecule has 0 amide bonds. The normalized spacial score (nSPS) is 13.1. The average Bonchev–Trinajstić information content (AvgIpc) is 2.21. The van der Waals surface area contributed by atoms with Crippen molar-refractivity contribution in [3.8, 4) is 0 Å². The molecular weight excluding hydrogens is 174 g/mol. The molecule has 3 nitrogen and oxygen atoms in total. The Morgan fingerprint density at radius 3 is 2.36 bits per heavy atom. The molecule has 0 heterocycles. The Hall–Kier alpha value is -0.120. The van der Waals surface area contributed by atoms with Crippen molar-refractivity contribution in [3.05, 3.63) is 0 Å². The summed E-state index contributed by atoms with van der Waals surface area (Å²) in [6.07, 6.45) is 3.74. The zero-order valence-corrected chi connectivity index (χ0v) is 10.0. The molecule has 0 saturated heterocycles. The maximum Gasteiger partial charge on any atom is 0.00792 e. The molecule has 0 saturated carbocycles. The summed E-state index contributed by atoms with van der Waals surface area (Å²) in [5.41, 5.74) is 0. The lowest BCUT2D eigenvalue weighted by Crippen LogP contribution is -2.33. The van der Waals surface area contributed by atoms with Crippen molar-refractivity contribution in [2.24, 2.45) is 0 Å². The van der Waals surface area contributed by atoms with E-state index in [1.807, 2.05) is 7.05 Å². The van der Waals surface area contributed by atoms with E-state index in [0.717, 1.165) is 26.2 Å². The second kappa shape index (κ2) is 11.0. The van der Waals surface area contributed by atoms with Crippen molar-refractivity contribution in [2.75, 3.05) is 33.2 Å². The first-order valence-electron chi connectivity index (χ1n) is 5.90. The fourth-order valence-corrected chi connectivity index (χ4v) is 1.23. The van der Waals surface area contributed by atoms with Gasteiger partial charge in [-0.3, -0.25) is 0 Å². The van der Waals surface area contributed by atoms with Crippen molar-refractivity contribution in [1.29, 1.82) is 0 Å². The van der Waals surface area contributed by atoms with Gasteiger partial charge in [0.25, 0.3) is 0 Å². The van der Waals surface area contributed by atoms with Gasteiger partial charge in [0.15, 0.2) is 0 Å². The van der Waals surface area contributed by atoms with E-state index in [1.54, 1.807) is 0 Å². The van der Waals surface area contributed by atoms with Crippen LogP contribution in [0.2, 0.25) is 0 Å². The van der Waals surface area contributed by atoms with Gasteiger partial charge in [0.05, 0.1) is 0 Å². The summed E-state index contributed by atoms with van der Waals surface area (Å²) in [6, 6.07) is 0.654. The molecule has 0 aliphatic heterocycles. The first-order chi connectivity index (χ1) is 6.81. The molecule has 3 N–H and O–H groups in total. The predicted octanol–water partition coefficient (Wildman–Crippen LogP) is 0.964. The molecule has 0 radical (unpaired) electrons. The molecule has 0 aromatic heterocycles. The third-order valence-electron chi connectivity index (χ3n) is 2.44. The van der Waals surface area contributed by atoms with E-state index in [0.29, 0.717) is 6.04 Å². The Labute approximate surface area is 89.0 Å². The minimum absolute atomic E-state index is 0.654. The Morgan fingerprint density at radius 2 is 1.71 bits per heavy atom. The Bertz CT molecular complexity index is 107. The molecule has 0 rings (SSSR count). The summed E-state index contributed by atoms with van der Waals surface area (Å²) in [4.78, 5) is 0. The summed E-state index contributed by atoms with van der Waals surface area (Å²) in [6.45, 7) is 8.89. The lowest BCUT2D eigenvalue weighted by Gasteiger charge is -2.11. The van der Waals surface area contributed by atoms with Crippen LogP contribution in [0.25, 0.3) is 0 Å². The minimum Gasteiger partial charge on any atom is -0.320 e. The van der Waals surface area contributed by atoms with Crippen LogP contribution in [-0.4, -0.2) is 39.3 Å². The minimum atomic E-state index is 0.654. The van der Waals surface area contributed by atoms with Crippen LogP contribution in [0.5, 0.6) is 0 Å². The number of unbranched alkanes of at least 4 members (excludes halogenated alkanes) is 1. The molecule has 0 aliphatic rings. The van der Waals surface area contributed by atoms with Gasteiger partial charge in [-0.15, -0.1) is 0 Å². The molecular formula is C11H27N3. The third-order valence-corrected chi connectivity index (χ3v) is 2.44. The Kier molecular flexibility index (Phi) is 10.9. The van der Waals surface area contributed by atoms with E-state index >= 15 is 0 Å². The van der Waals surface area contributed by atoms with Gasteiger partial charge in [-0.2, -0.15) is 0 Å². The topological polar surface area (TPSA) is 36.1 Å². The Morgan fingerprint density at radius 1 is 1.00 bits per heavy atom. The van der Waals surface area contributed by atoms with Crippen molar-refractivity contribution < 1.29 is 0 Å². The fraction of sp³-hybridized carbons (Fsp3) is 1.00. The molecule has 14 heavy (non-hydrogen) atoms. The molecule has 0 bridgehead atoms. The second-order valence-corrected chi connectivity index (χ2v) is 3.82. The maximum atomic E-state index is 3.46. The number of nitrogens with one attached hydrogen (secondary N) is 3. The molecule has 1 unspecified atom stereocenters.